The molecule has 0 fully saturated rings. The molecule has 2 heteroatoms. The summed E-state index contributed by atoms with van der Waals surface area (Å²) in [6.07, 6.45) is 3.39. The average Bonchev–Trinajstić information content (AvgIpc) is 2.35. The van der Waals surface area contributed by atoms with Crippen LogP contribution in [0.25, 0.3) is 0 Å². The molecule has 0 aliphatic carbocycles. The number of rotatable bonds is 6. The van der Waals surface area contributed by atoms with E-state index in [1.165, 1.54) is 0 Å². The van der Waals surface area contributed by atoms with E-state index < -0.39 is 0 Å². The molecule has 0 amide bonds. The van der Waals surface area contributed by atoms with E-state index in [-0.39, 0.29) is 0 Å². The fourth-order valence-corrected chi connectivity index (χ4v) is 1.31. The summed E-state index contributed by atoms with van der Waals surface area (Å²) in [5.41, 5.74) is 1.97. The molecule has 0 spiro atoms. The maximum atomic E-state index is 5.65. The number of likely N-dealkylation sites (N-methyl/N-ethyl adjacent to an activating group) is 1. The Morgan fingerprint density at radius 2 is 1.94 bits per heavy atom. The standard InChI is InChI=1S/C14H17NO/c1-4-13(15-3)14(5-2)16-11-12-9-7-6-8-10-12/h4-10,15H,1-2,11H2,3H3/b14-13-. The normalized spacial score (nSPS) is 11.3. The van der Waals surface area contributed by atoms with Crippen molar-refractivity contribution >= 4 is 0 Å². The highest BCUT2D eigenvalue weighted by Crippen LogP contribution is 2.10. The molecule has 0 atom stereocenters. The van der Waals surface area contributed by atoms with Gasteiger partial charge >= 0.3 is 0 Å². The Morgan fingerprint density at radius 1 is 1.25 bits per heavy atom. The minimum absolute atomic E-state index is 0.529. The Kier molecular flexibility index (Phi) is 4.93. The maximum Gasteiger partial charge on any atom is 0.142 e. The van der Waals surface area contributed by atoms with Crippen molar-refractivity contribution in [3.63, 3.8) is 0 Å². The molecule has 1 aromatic carbocycles. The number of benzene rings is 1. The molecule has 1 N–H and O–H groups in total. The predicted octanol–water partition coefficient (Wildman–Crippen LogP) is 3.01. The molecule has 0 aliphatic heterocycles. The highest BCUT2D eigenvalue weighted by molar-refractivity contribution is 5.25. The first-order valence-electron chi connectivity index (χ1n) is 5.15. The molecule has 0 bridgehead atoms. The third-order valence-corrected chi connectivity index (χ3v) is 2.16. The van der Waals surface area contributed by atoms with Crippen molar-refractivity contribution in [2.45, 2.75) is 6.61 Å². The quantitative estimate of drug-likeness (QED) is 0.582. The van der Waals surface area contributed by atoms with Gasteiger partial charge in [0.15, 0.2) is 0 Å². The lowest BCUT2D eigenvalue weighted by Gasteiger charge is -2.10. The van der Waals surface area contributed by atoms with E-state index in [0.717, 1.165) is 11.3 Å². The first-order chi connectivity index (χ1) is 7.81. The average molecular weight is 215 g/mol. The summed E-state index contributed by atoms with van der Waals surface area (Å²) < 4.78 is 5.65. The van der Waals surface area contributed by atoms with Crippen LogP contribution in [-0.2, 0) is 11.3 Å². The van der Waals surface area contributed by atoms with Gasteiger partial charge in [0.1, 0.15) is 12.4 Å². The van der Waals surface area contributed by atoms with E-state index in [0.29, 0.717) is 12.4 Å². The van der Waals surface area contributed by atoms with Crippen molar-refractivity contribution in [2.75, 3.05) is 7.05 Å². The van der Waals surface area contributed by atoms with Crippen LogP contribution >= 0.6 is 0 Å². The van der Waals surface area contributed by atoms with Gasteiger partial charge in [-0.1, -0.05) is 43.5 Å². The minimum Gasteiger partial charge on any atom is -0.487 e. The molecule has 0 saturated carbocycles. The smallest absolute Gasteiger partial charge is 0.142 e. The van der Waals surface area contributed by atoms with E-state index in [1.807, 2.05) is 37.4 Å². The Morgan fingerprint density at radius 3 is 2.44 bits per heavy atom. The fourth-order valence-electron chi connectivity index (χ4n) is 1.31. The highest BCUT2D eigenvalue weighted by atomic mass is 16.5. The van der Waals surface area contributed by atoms with Crippen molar-refractivity contribution in [1.82, 2.24) is 5.32 Å². The lowest BCUT2D eigenvalue weighted by atomic mass is 10.2. The van der Waals surface area contributed by atoms with Gasteiger partial charge < -0.3 is 10.1 Å². The van der Waals surface area contributed by atoms with Gasteiger partial charge in [-0.25, -0.2) is 0 Å². The lowest BCUT2D eigenvalue weighted by molar-refractivity contribution is 0.207. The number of hydrogen-bond donors (Lipinski definition) is 1. The predicted molar refractivity (Wildman–Crippen MR) is 67.7 cm³/mol. The van der Waals surface area contributed by atoms with E-state index in [4.69, 9.17) is 4.74 Å². The highest BCUT2D eigenvalue weighted by Gasteiger charge is 2.00. The third-order valence-electron chi connectivity index (χ3n) is 2.16. The van der Waals surface area contributed by atoms with Crippen molar-refractivity contribution in [2.24, 2.45) is 0 Å². The summed E-state index contributed by atoms with van der Waals surface area (Å²) in [6, 6.07) is 10.0. The molecule has 0 heterocycles. The van der Waals surface area contributed by atoms with Gasteiger partial charge in [-0.05, 0) is 17.7 Å². The van der Waals surface area contributed by atoms with Crippen molar-refractivity contribution in [3.05, 3.63) is 72.7 Å². The SMILES string of the molecule is C=C/C(NC)=C(\C=C)OCc1ccccc1. The number of allylic oxidation sites excluding steroid dienone is 2. The summed E-state index contributed by atoms with van der Waals surface area (Å²) in [4.78, 5) is 0. The van der Waals surface area contributed by atoms with E-state index >= 15 is 0 Å². The molecule has 1 rings (SSSR count). The topological polar surface area (TPSA) is 21.3 Å². The van der Waals surface area contributed by atoms with Crippen molar-refractivity contribution < 1.29 is 4.74 Å². The third kappa shape index (κ3) is 3.31. The number of nitrogens with one attached hydrogen (secondary N) is 1. The Labute approximate surface area is 96.9 Å². The van der Waals surface area contributed by atoms with Gasteiger partial charge in [-0.2, -0.15) is 0 Å². The first kappa shape index (κ1) is 12.1. The van der Waals surface area contributed by atoms with Crippen molar-refractivity contribution in [3.8, 4) is 0 Å². The second-order valence-electron chi connectivity index (χ2n) is 3.21. The van der Waals surface area contributed by atoms with Crippen LogP contribution in [0.15, 0.2) is 67.1 Å². The molecule has 16 heavy (non-hydrogen) atoms. The summed E-state index contributed by atoms with van der Waals surface area (Å²) in [5.74, 6) is 0.710. The summed E-state index contributed by atoms with van der Waals surface area (Å²) in [5, 5.41) is 3.00. The van der Waals surface area contributed by atoms with Crippen molar-refractivity contribution in [1.29, 1.82) is 0 Å². The van der Waals surface area contributed by atoms with Crippen LogP contribution < -0.4 is 5.32 Å². The van der Waals surface area contributed by atoms with E-state index in [2.05, 4.69) is 18.5 Å². The van der Waals surface area contributed by atoms with Crippen LogP contribution in [0.5, 0.6) is 0 Å². The molecule has 0 saturated heterocycles. The van der Waals surface area contributed by atoms with Gasteiger partial charge in [-0.15, -0.1) is 0 Å². The zero-order valence-corrected chi connectivity index (χ0v) is 9.57. The molecule has 0 radical (unpaired) electrons. The lowest BCUT2D eigenvalue weighted by Crippen LogP contribution is -2.07. The van der Waals surface area contributed by atoms with Gasteiger partial charge in [0, 0.05) is 7.05 Å². The maximum absolute atomic E-state index is 5.65. The second-order valence-corrected chi connectivity index (χ2v) is 3.21. The molecular formula is C14H17NO. The summed E-state index contributed by atoms with van der Waals surface area (Å²) in [6.45, 7) is 7.96. The Hall–Kier alpha value is -1.96. The Bertz CT molecular complexity index is 379. The largest absolute Gasteiger partial charge is 0.487 e. The molecule has 2 nitrogen and oxygen atoms in total. The van der Waals surface area contributed by atoms with Gasteiger partial charge in [-0.3, -0.25) is 0 Å². The molecule has 0 unspecified atom stereocenters. The molecule has 0 aliphatic rings. The zero-order valence-electron chi connectivity index (χ0n) is 9.57. The van der Waals surface area contributed by atoms with Gasteiger partial charge in [0.05, 0.1) is 5.70 Å². The van der Waals surface area contributed by atoms with Crippen LogP contribution in [0.2, 0.25) is 0 Å². The zero-order chi connectivity index (χ0) is 11.8. The van der Waals surface area contributed by atoms with E-state index in [1.54, 1.807) is 12.2 Å². The summed E-state index contributed by atoms with van der Waals surface area (Å²) >= 11 is 0. The van der Waals surface area contributed by atoms with Gasteiger partial charge in [0.25, 0.3) is 0 Å². The minimum atomic E-state index is 0.529. The molecule has 1 aromatic rings. The first-order valence-corrected chi connectivity index (χ1v) is 5.15. The monoisotopic (exact) mass is 215 g/mol. The van der Waals surface area contributed by atoms with Crippen LogP contribution in [-0.4, -0.2) is 7.05 Å². The van der Waals surface area contributed by atoms with Crippen LogP contribution in [0.1, 0.15) is 5.56 Å². The molecule has 84 valence electrons. The van der Waals surface area contributed by atoms with Gasteiger partial charge in [0.2, 0.25) is 0 Å². The number of hydrogen-bond acceptors (Lipinski definition) is 2. The summed E-state index contributed by atoms with van der Waals surface area (Å²) in [7, 11) is 1.83. The number of ether oxygens (including phenoxy) is 1. The fraction of sp³-hybridized carbons (Fsp3) is 0.143. The Balaban J connectivity index is 2.69. The van der Waals surface area contributed by atoms with E-state index in [9.17, 15) is 0 Å². The molecule has 0 aromatic heterocycles. The second kappa shape index (κ2) is 6.51. The van der Waals surface area contributed by atoms with Crippen LogP contribution in [0.3, 0.4) is 0 Å². The van der Waals surface area contributed by atoms with Crippen LogP contribution in [0, 0.1) is 0 Å². The van der Waals surface area contributed by atoms with Crippen LogP contribution in [0.4, 0.5) is 0 Å². The molecular weight excluding hydrogens is 198 g/mol.